The van der Waals surface area contributed by atoms with E-state index in [9.17, 15) is 27.6 Å². The van der Waals surface area contributed by atoms with Crippen molar-refractivity contribution >= 4 is 44.4 Å². The van der Waals surface area contributed by atoms with Crippen molar-refractivity contribution in [3.05, 3.63) is 42.6 Å². The number of benzene rings is 1. The molecule has 0 spiro atoms. The predicted octanol–water partition coefficient (Wildman–Crippen LogP) is 6.31. The number of fused-ring (bicyclic) bond motifs is 3. The van der Waals surface area contributed by atoms with Crippen molar-refractivity contribution in [1.82, 2.24) is 14.6 Å². The van der Waals surface area contributed by atoms with Gasteiger partial charge in [0.25, 0.3) is 0 Å². The average Bonchev–Trinajstić information content (AvgIpc) is 4.11. The Morgan fingerprint density at radius 1 is 1.05 bits per heavy atom. The molecule has 2 aliphatic heterocycles. The van der Waals surface area contributed by atoms with Gasteiger partial charge < -0.3 is 19.1 Å². The summed E-state index contributed by atoms with van der Waals surface area (Å²) in [5, 5.41) is 1.61. The molecule has 5 aliphatic rings. The Labute approximate surface area is 330 Å². The monoisotopic (exact) mass is 791 g/mol. The fraction of sp³-hybridized carbons (Fsp3) is 0.651. The highest BCUT2D eigenvalue weighted by atomic mass is 32.2. The molecular weight excluding hydrogens is 735 g/mol. The zero-order valence-electron chi connectivity index (χ0n) is 33.4. The van der Waals surface area contributed by atoms with E-state index in [1.807, 2.05) is 50.3 Å². The summed E-state index contributed by atoms with van der Waals surface area (Å²) in [4.78, 5) is 63.0. The number of esters is 1. The third-order valence-corrected chi connectivity index (χ3v) is 15.3. The number of nitrogens with one attached hydrogen (secondary N) is 1. The van der Waals surface area contributed by atoms with Crippen molar-refractivity contribution in [2.75, 3.05) is 19.8 Å². The van der Waals surface area contributed by atoms with Gasteiger partial charge in [-0.25, -0.2) is 13.4 Å². The molecule has 304 valence electrons. The second-order valence-corrected chi connectivity index (χ2v) is 20.2. The number of allylic oxidation sites excluding steroid dienone is 2. The van der Waals surface area contributed by atoms with E-state index in [0.29, 0.717) is 50.5 Å². The minimum absolute atomic E-state index is 0.00896. The molecule has 3 heterocycles. The first-order valence-corrected chi connectivity index (χ1v) is 21.9. The third-order valence-electron chi connectivity index (χ3n) is 13.2. The van der Waals surface area contributed by atoms with Crippen LogP contribution in [-0.2, 0) is 33.9 Å². The van der Waals surface area contributed by atoms with E-state index < -0.39 is 50.1 Å². The molecule has 1 aromatic carbocycles. The summed E-state index contributed by atoms with van der Waals surface area (Å²) in [6, 6.07) is 6.53. The van der Waals surface area contributed by atoms with Crippen LogP contribution in [0.4, 0.5) is 0 Å². The van der Waals surface area contributed by atoms with Crippen LogP contribution in [0.3, 0.4) is 0 Å². The van der Waals surface area contributed by atoms with E-state index in [4.69, 9.17) is 14.2 Å². The first kappa shape index (κ1) is 40.2. The Morgan fingerprint density at radius 2 is 1.82 bits per heavy atom. The fourth-order valence-corrected chi connectivity index (χ4v) is 9.91. The van der Waals surface area contributed by atoms with Crippen LogP contribution in [0.2, 0.25) is 0 Å². The molecule has 7 atom stereocenters. The quantitative estimate of drug-likeness (QED) is 0.202. The van der Waals surface area contributed by atoms with Gasteiger partial charge in [0.1, 0.15) is 11.9 Å². The van der Waals surface area contributed by atoms with Gasteiger partial charge in [-0.05, 0) is 113 Å². The minimum Gasteiger partial charge on any atom is -0.494 e. The first-order chi connectivity index (χ1) is 26.6. The first-order valence-electron chi connectivity index (χ1n) is 20.5. The third kappa shape index (κ3) is 8.48. The van der Waals surface area contributed by atoms with Crippen LogP contribution in [-0.4, -0.2) is 78.5 Å². The molecule has 0 bridgehead atoms. The van der Waals surface area contributed by atoms with Crippen molar-refractivity contribution < 1.29 is 41.8 Å². The Balaban J connectivity index is 1.20. The number of Topliss-reactive ketones (excluding diaryl/α,β-unsaturated/α-hetero) is 1. The van der Waals surface area contributed by atoms with Crippen LogP contribution in [0.15, 0.2) is 42.6 Å². The molecule has 7 rings (SSSR count). The SMILES string of the molecule is CCOc1ccc2c(O[C@@H]3C[C@H]4C(=O)C[C@]5(C(=O)NS(=O)(=O)C6(C)CC6)C[C@H]5/C=C\CC[C@H](C)C[C@@H](C)[C@H](CC(=O)OCC5(C)CC5)C(=O)N4C3)nccc2c1. The number of hydrogen-bond donors (Lipinski definition) is 1. The van der Waals surface area contributed by atoms with Crippen molar-refractivity contribution in [2.24, 2.45) is 34.5 Å². The normalized spacial score (nSPS) is 31.6. The lowest BCUT2D eigenvalue weighted by Gasteiger charge is -2.32. The number of rotatable bonds is 11. The second kappa shape index (κ2) is 15.4. The maximum absolute atomic E-state index is 14.9. The van der Waals surface area contributed by atoms with Crippen LogP contribution < -0.4 is 14.2 Å². The summed E-state index contributed by atoms with van der Waals surface area (Å²) >= 11 is 0. The highest BCUT2D eigenvalue weighted by Gasteiger charge is 2.62. The van der Waals surface area contributed by atoms with Crippen LogP contribution in [0.5, 0.6) is 11.6 Å². The molecule has 12 nitrogen and oxygen atoms in total. The molecule has 1 aromatic heterocycles. The van der Waals surface area contributed by atoms with Crippen molar-refractivity contribution in [3.8, 4) is 11.6 Å². The van der Waals surface area contributed by atoms with Gasteiger partial charge in [0, 0.05) is 29.8 Å². The Bertz CT molecular complexity index is 2010. The molecular formula is C43H57N3O9S. The van der Waals surface area contributed by atoms with Gasteiger partial charge in [0.2, 0.25) is 27.7 Å². The van der Waals surface area contributed by atoms with Crippen LogP contribution in [0.25, 0.3) is 10.8 Å². The second-order valence-electron chi connectivity index (χ2n) is 18.0. The van der Waals surface area contributed by atoms with Crippen LogP contribution in [0.1, 0.15) is 105 Å². The van der Waals surface area contributed by atoms with E-state index >= 15 is 0 Å². The van der Waals surface area contributed by atoms with Gasteiger partial charge in [0.15, 0.2) is 5.78 Å². The van der Waals surface area contributed by atoms with E-state index in [-0.39, 0.29) is 60.7 Å². The molecule has 0 unspecified atom stereocenters. The zero-order valence-corrected chi connectivity index (χ0v) is 34.2. The largest absolute Gasteiger partial charge is 0.494 e. The lowest BCUT2D eigenvalue weighted by atomic mass is 9.82. The standard InChI is InChI=1S/C43H57N3O9S/c1-6-53-31-11-12-33-29(20-31)13-18-44-38(33)55-32-21-35-36(47)24-43(40(50)45-56(51,52)42(5)16-17-42)23-30(43)10-8-7-9-27(2)19-28(3)34(39(49)46(35)25-32)22-37(48)54-26-41(4)14-15-41/h8,10-13,18,20,27-28,30,32,34-35H,6-7,9,14-17,19,21-26H2,1-5H3,(H,45,50)/b10-8-/t27-,28+,30+,32+,34-,35-,43+/m0/s1. The number of ether oxygens (including phenoxy) is 3. The van der Waals surface area contributed by atoms with Gasteiger partial charge in [-0.3, -0.25) is 23.9 Å². The topological polar surface area (TPSA) is 158 Å². The fourth-order valence-electron chi connectivity index (χ4n) is 8.57. The Morgan fingerprint density at radius 3 is 2.54 bits per heavy atom. The molecule has 56 heavy (non-hydrogen) atoms. The zero-order chi connectivity index (χ0) is 40.0. The number of pyridine rings is 1. The van der Waals surface area contributed by atoms with E-state index in [1.165, 1.54) is 0 Å². The molecule has 4 fully saturated rings. The van der Waals surface area contributed by atoms with Gasteiger partial charge in [0.05, 0.1) is 48.3 Å². The maximum Gasteiger partial charge on any atom is 0.306 e. The van der Waals surface area contributed by atoms with Gasteiger partial charge in [-0.2, -0.15) is 0 Å². The summed E-state index contributed by atoms with van der Waals surface area (Å²) < 4.78 is 45.8. The molecule has 1 saturated heterocycles. The molecule has 1 N–H and O–H groups in total. The summed E-state index contributed by atoms with van der Waals surface area (Å²) in [5.74, 6) is -1.71. The summed E-state index contributed by atoms with van der Waals surface area (Å²) in [6.45, 7) is 10.7. The molecule has 2 amide bonds. The number of sulfonamides is 1. The Kier molecular flexibility index (Phi) is 11.1. The lowest BCUT2D eigenvalue weighted by molar-refractivity contribution is -0.152. The van der Waals surface area contributed by atoms with Crippen LogP contribution in [0, 0.1) is 34.5 Å². The maximum atomic E-state index is 14.9. The molecule has 3 aliphatic carbocycles. The summed E-state index contributed by atoms with van der Waals surface area (Å²) in [5.41, 5.74) is -1.26. The number of amides is 2. The molecule has 3 saturated carbocycles. The van der Waals surface area contributed by atoms with Gasteiger partial charge in [-0.1, -0.05) is 32.9 Å². The van der Waals surface area contributed by atoms with E-state index in [1.54, 1.807) is 18.0 Å². The minimum atomic E-state index is -3.94. The van der Waals surface area contributed by atoms with Crippen molar-refractivity contribution in [2.45, 2.75) is 122 Å². The number of aromatic nitrogens is 1. The summed E-state index contributed by atoms with van der Waals surface area (Å²) in [7, 11) is -3.94. The molecule has 2 aromatic rings. The van der Waals surface area contributed by atoms with Gasteiger partial charge >= 0.3 is 5.97 Å². The number of carbonyl (C=O) groups excluding carboxylic acids is 4. The Hall–Kier alpha value is -4.00. The summed E-state index contributed by atoms with van der Waals surface area (Å²) in [6.07, 6.45) is 10.3. The number of nitrogens with zero attached hydrogens (tertiary/aromatic N) is 2. The number of hydrogen-bond acceptors (Lipinski definition) is 10. The number of carbonyl (C=O) groups is 4. The molecule has 13 heteroatoms. The van der Waals surface area contributed by atoms with Crippen LogP contribution >= 0.6 is 0 Å². The van der Waals surface area contributed by atoms with Crippen molar-refractivity contribution in [3.63, 3.8) is 0 Å². The smallest absolute Gasteiger partial charge is 0.306 e. The highest BCUT2D eigenvalue weighted by molar-refractivity contribution is 7.91. The van der Waals surface area contributed by atoms with Gasteiger partial charge in [-0.15, -0.1) is 0 Å². The van der Waals surface area contributed by atoms with E-state index in [2.05, 4.69) is 23.6 Å². The average molecular weight is 792 g/mol. The lowest BCUT2D eigenvalue weighted by Crippen LogP contribution is -2.48. The highest BCUT2D eigenvalue weighted by Crippen LogP contribution is 2.58. The van der Waals surface area contributed by atoms with E-state index in [0.717, 1.165) is 36.5 Å². The van der Waals surface area contributed by atoms with Crippen molar-refractivity contribution in [1.29, 1.82) is 0 Å². The predicted molar refractivity (Wildman–Crippen MR) is 210 cm³/mol. The number of ketones is 1. The molecule has 0 radical (unpaired) electrons.